The van der Waals surface area contributed by atoms with E-state index in [0.717, 1.165) is 30.6 Å². The maximum absolute atomic E-state index is 12.6. The molecule has 28 heavy (non-hydrogen) atoms. The van der Waals surface area contributed by atoms with E-state index in [4.69, 9.17) is 0 Å². The number of carbonyl (C=O) groups is 1. The van der Waals surface area contributed by atoms with Crippen LogP contribution in [0.2, 0.25) is 0 Å². The average molecular weight is 402 g/mol. The maximum Gasteiger partial charge on any atom is 0.246 e. The second kappa shape index (κ2) is 8.75. The maximum atomic E-state index is 12.6. The third-order valence-electron chi connectivity index (χ3n) is 5.02. The van der Waals surface area contributed by atoms with Crippen molar-refractivity contribution in [2.24, 2.45) is 0 Å². The number of nitrogens with zero attached hydrogens (tertiary/aromatic N) is 2. The number of para-hydroxylation sites is 1. The smallest absolute Gasteiger partial charge is 0.246 e. The van der Waals surface area contributed by atoms with Crippen molar-refractivity contribution >= 4 is 27.3 Å². The van der Waals surface area contributed by atoms with Crippen LogP contribution in [-0.4, -0.2) is 45.3 Å². The Kier molecular flexibility index (Phi) is 6.36. The lowest BCUT2D eigenvalue weighted by Gasteiger charge is -2.18. The van der Waals surface area contributed by atoms with Gasteiger partial charge in [-0.3, -0.25) is 4.79 Å². The number of fused-ring (bicyclic) bond motifs is 1. The second-order valence-corrected chi connectivity index (χ2v) is 9.03. The van der Waals surface area contributed by atoms with Gasteiger partial charge in [0.25, 0.3) is 0 Å². The number of sulfonamides is 1. The molecule has 6 nitrogen and oxygen atoms in total. The summed E-state index contributed by atoms with van der Waals surface area (Å²) in [6.07, 6.45) is 2.65. The van der Waals surface area contributed by atoms with Gasteiger partial charge in [-0.1, -0.05) is 31.5 Å². The number of benzene rings is 2. The van der Waals surface area contributed by atoms with E-state index in [1.807, 2.05) is 31.2 Å². The molecule has 150 valence electrons. The molecular weight excluding hydrogens is 374 g/mol. The van der Waals surface area contributed by atoms with Crippen molar-refractivity contribution < 1.29 is 13.2 Å². The number of hydrogen-bond donors (Lipinski definition) is 1. The van der Waals surface area contributed by atoms with Gasteiger partial charge in [0.05, 0.1) is 11.4 Å². The summed E-state index contributed by atoms with van der Waals surface area (Å²) in [6.45, 7) is 3.39. The van der Waals surface area contributed by atoms with Gasteiger partial charge in [-0.15, -0.1) is 0 Å². The standard InChI is InChI=1S/C21H27N3O3S/c1-3-4-14-23(2)28(26,27)19-11-9-18(10-12-19)22-16-21(25)24-15-13-17-7-5-6-8-20(17)24/h5-12,22H,3-4,13-16H2,1-2H3. The van der Waals surface area contributed by atoms with Gasteiger partial charge in [0.2, 0.25) is 15.9 Å². The molecule has 0 aromatic heterocycles. The summed E-state index contributed by atoms with van der Waals surface area (Å²) in [7, 11) is -1.87. The third kappa shape index (κ3) is 4.36. The summed E-state index contributed by atoms with van der Waals surface area (Å²) in [5.41, 5.74) is 2.89. The van der Waals surface area contributed by atoms with Crippen LogP contribution in [0.4, 0.5) is 11.4 Å². The Labute approximate surface area is 167 Å². The number of hydrogen-bond acceptors (Lipinski definition) is 4. The number of anilines is 2. The molecule has 0 spiro atoms. The molecule has 0 saturated heterocycles. The van der Waals surface area contributed by atoms with Gasteiger partial charge < -0.3 is 10.2 Å². The van der Waals surface area contributed by atoms with Gasteiger partial charge in [0.15, 0.2) is 0 Å². The van der Waals surface area contributed by atoms with E-state index >= 15 is 0 Å². The molecule has 0 unspecified atom stereocenters. The predicted molar refractivity (Wildman–Crippen MR) is 112 cm³/mol. The van der Waals surface area contributed by atoms with Crippen LogP contribution in [0.25, 0.3) is 0 Å². The van der Waals surface area contributed by atoms with Gasteiger partial charge >= 0.3 is 0 Å². The Balaban J connectivity index is 1.60. The normalized spacial score (nSPS) is 13.6. The van der Waals surface area contributed by atoms with Crippen molar-refractivity contribution in [3.8, 4) is 0 Å². The van der Waals surface area contributed by atoms with Crippen LogP contribution in [0, 0.1) is 0 Å². The molecule has 0 bridgehead atoms. The van der Waals surface area contributed by atoms with Gasteiger partial charge in [0.1, 0.15) is 0 Å². The summed E-state index contributed by atoms with van der Waals surface area (Å²) in [5.74, 6) is 0.000877. The van der Waals surface area contributed by atoms with Crippen molar-refractivity contribution in [3.05, 3.63) is 54.1 Å². The third-order valence-corrected chi connectivity index (χ3v) is 6.89. The zero-order valence-corrected chi connectivity index (χ0v) is 17.2. The van der Waals surface area contributed by atoms with Crippen molar-refractivity contribution in [2.45, 2.75) is 31.1 Å². The molecule has 2 aromatic carbocycles. The van der Waals surface area contributed by atoms with Crippen LogP contribution in [0.5, 0.6) is 0 Å². The topological polar surface area (TPSA) is 69.7 Å². The van der Waals surface area contributed by atoms with Crippen molar-refractivity contribution in [3.63, 3.8) is 0 Å². The lowest BCUT2D eigenvalue weighted by molar-refractivity contribution is -0.116. The highest BCUT2D eigenvalue weighted by Gasteiger charge is 2.24. The Hall–Kier alpha value is -2.38. The number of rotatable bonds is 8. The fourth-order valence-electron chi connectivity index (χ4n) is 3.30. The monoisotopic (exact) mass is 401 g/mol. The molecule has 0 fully saturated rings. The number of unbranched alkanes of at least 4 members (excludes halogenated alkanes) is 1. The molecule has 1 aliphatic heterocycles. The highest BCUT2D eigenvalue weighted by atomic mass is 32.2. The van der Waals surface area contributed by atoms with Crippen LogP contribution >= 0.6 is 0 Å². The minimum Gasteiger partial charge on any atom is -0.376 e. The molecule has 0 atom stereocenters. The van der Waals surface area contributed by atoms with E-state index in [-0.39, 0.29) is 17.3 Å². The molecule has 1 heterocycles. The summed E-state index contributed by atoms with van der Waals surface area (Å²) in [4.78, 5) is 14.6. The number of nitrogens with one attached hydrogen (secondary N) is 1. The quantitative estimate of drug-likeness (QED) is 0.738. The second-order valence-electron chi connectivity index (χ2n) is 6.98. The van der Waals surface area contributed by atoms with E-state index in [0.29, 0.717) is 13.1 Å². The van der Waals surface area contributed by atoms with Gasteiger partial charge in [-0.25, -0.2) is 12.7 Å². The predicted octanol–water partition coefficient (Wildman–Crippen LogP) is 3.11. The van der Waals surface area contributed by atoms with Gasteiger partial charge in [-0.2, -0.15) is 0 Å². The Morgan fingerprint density at radius 2 is 1.86 bits per heavy atom. The fourth-order valence-corrected chi connectivity index (χ4v) is 4.51. The lowest BCUT2D eigenvalue weighted by Crippen LogP contribution is -2.34. The Morgan fingerprint density at radius 1 is 1.14 bits per heavy atom. The van der Waals surface area contributed by atoms with Crippen LogP contribution in [0.3, 0.4) is 0 Å². The molecular formula is C21H27N3O3S. The van der Waals surface area contributed by atoms with E-state index in [9.17, 15) is 13.2 Å². The first kappa shape index (κ1) is 20.4. The Morgan fingerprint density at radius 3 is 2.57 bits per heavy atom. The zero-order chi connectivity index (χ0) is 20.1. The molecule has 0 saturated carbocycles. The first-order chi connectivity index (χ1) is 13.4. The van der Waals surface area contributed by atoms with Gasteiger partial charge in [0, 0.05) is 31.5 Å². The van der Waals surface area contributed by atoms with Crippen LogP contribution in [0.15, 0.2) is 53.4 Å². The first-order valence-electron chi connectivity index (χ1n) is 9.62. The van der Waals surface area contributed by atoms with Gasteiger partial charge in [-0.05, 0) is 48.7 Å². The first-order valence-corrected chi connectivity index (χ1v) is 11.1. The van der Waals surface area contributed by atoms with Crippen LogP contribution in [0.1, 0.15) is 25.3 Å². The minimum atomic E-state index is -3.48. The zero-order valence-electron chi connectivity index (χ0n) is 16.4. The molecule has 0 radical (unpaired) electrons. The van der Waals surface area contributed by atoms with E-state index in [1.54, 1.807) is 36.2 Å². The highest BCUT2D eigenvalue weighted by molar-refractivity contribution is 7.89. The van der Waals surface area contributed by atoms with E-state index in [1.165, 1.54) is 9.87 Å². The van der Waals surface area contributed by atoms with Crippen molar-refractivity contribution in [1.82, 2.24) is 4.31 Å². The van der Waals surface area contributed by atoms with Crippen molar-refractivity contribution in [2.75, 3.05) is 36.9 Å². The SMILES string of the molecule is CCCCN(C)S(=O)(=O)c1ccc(NCC(=O)N2CCc3ccccc32)cc1. The van der Waals surface area contributed by atoms with Crippen molar-refractivity contribution in [1.29, 1.82) is 0 Å². The average Bonchev–Trinajstić information content (AvgIpc) is 3.14. The summed E-state index contributed by atoms with van der Waals surface area (Å²) < 4.78 is 26.5. The molecule has 7 heteroatoms. The van der Waals surface area contributed by atoms with Crippen LogP contribution < -0.4 is 10.2 Å². The lowest BCUT2D eigenvalue weighted by atomic mass is 10.2. The molecule has 1 aliphatic rings. The summed E-state index contributed by atoms with van der Waals surface area (Å²) in [6, 6.07) is 14.5. The molecule has 1 amide bonds. The van der Waals surface area contributed by atoms with E-state index in [2.05, 4.69) is 5.32 Å². The highest BCUT2D eigenvalue weighted by Crippen LogP contribution is 2.27. The molecule has 1 N–H and O–H groups in total. The van der Waals surface area contributed by atoms with Crippen LogP contribution in [-0.2, 0) is 21.2 Å². The number of carbonyl (C=O) groups excluding carboxylic acids is 1. The molecule has 2 aromatic rings. The summed E-state index contributed by atoms with van der Waals surface area (Å²) >= 11 is 0. The minimum absolute atomic E-state index is 0.000877. The Bertz CT molecular complexity index is 926. The molecule has 3 rings (SSSR count). The van der Waals surface area contributed by atoms with E-state index < -0.39 is 10.0 Å². The fraction of sp³-hybridized carbons (Fsp3) is 0.381. The molecule has 0 aliphatic carbocycles. The largest absolute Gasteiger partial charge is 0.376 e. The number of amides is 1. The summed E-state index contributed by atoms with van der Waals surface area (Å²) in [5, 5.41) is 3.09.